The van der Waals surface area contributed by atoms with Gasteiger partial charge in [0.05, 0.1) is 22.2 Å². The molecule has 5 heteroatoms. The first kappa shape index (κ1) is 16.2. The second-order valence-corrected chi connectivity index (χ2v) is 8.95. The van der Waals surface area contributed by atoms with Crippen molar-refractivity contribution < 1.29 is 4.57 Å². The molecule has 0 fully saturated rings. The van der Waals surface area contributed by atoms with Crippen LogP contribution in [0.15, 0.2) is 64.5 Å². The number of hydrogen-bond donors (Lipinski definition) is 0. The molecule has 0 N–H and O–H groups in total. The number of benzene rings is 3. The molecule has 0 amide bonds. The van der Waals surface area contributed by atoms with Gasteiger partial charge in [-0.05, 0) is 35.7 Å². The summed E-state index contributed by atoms with van der Waals surface area (Å²) in [5.74, 6) is 0. The van der Waals surface area contributed by atoms with E-state index in [1.165, 1.54) is 41.6 Å². The number of halogens is 1. The third kappa shape index (κ3) is 2.44. The van der Waals surface area contributed by atoms with Crippen molar-refractivity contribution in [3.63, 3.8) is 0 Å². The topological polar surface area (TPSA) is 7.12 Å². The molecular formula is C21H16ClN2S2+. The Kier molecular flexibility index (Phi) is 3.74. The second kappa shape index (κ2) is 6.02. The molecule has 3 aromatic carbocycles. The van der Waals surface area contributed by atoms with Crippen LogP contribution in [0.25, 0.3) is 27.1 Å². The number of aromatic nitrogens is 1. The van der Waals surface area contributed by atoms with Gasteiger partial charge in [-0.25, -0.2) is 0 Å². The summed E-state index contributed by atoms with van der Waals surface area (Å²) >= 11 is 9.80. The molecule has 128 valence electrons. The summed E-state index contributed by atoms with van der Waals surface area (Å²) in [6.45, 7) is 0. The van der Waals surface area contributed by atoms with E-state index in [-0.39, 0.29) is 0 Å². The molecule has 1 aliphatic heterocycles. The van der Waals surface area contributed by atoms with E-state index in [4.69, 9.17) is 11.6 Å². The molecule has 0 unspecified atom stereocenters. The number of thioether (sulfide) groups is 1. The van der Waals surface area contributed by atoms with Crippen LogP contribution in [-0.4, -0.2) is 7.05 Å². The lowest BCUT2D eigenvalue weighted by atomic mass is 10.1. The Hall–Kier alpha value is -2.01. The van der Waals surface area contributed by atoms with Gasteiger partial charge in [-0.2, -0.15) is 4.57 Å². The smallest absolute Gasteiger partial charge is 0.265 e. The zero-order chi connectivity index (χ0) is 17.8. The van der Waals surface area contributed by atoms with E-state index < -0.39 is 0 Å². The summed E-state index contributed by atoms with van der Waals surface area (Å²) in [6, 6.07) is 19.1. The van der Waals surface area contributed by atoms with Gasteiger partial charge in [-0.3, -0.25) is 0 Å². The zero-order valence-corrected chi connectivity index (χ0v) is 16.8. The predicted octanol–water partition coefficient (Wildman–Crippen LogP) is 6.07. The minimum atomic E-state index is 0.774. The van der Waals surface area contributed by atoms with Crippen molar-refractivity contribution in [3.8, 4) is 0 Å². The molecule has 0 saturated carbocycles. The lowest BCUT2D eigenvalue weighted by Crippen LogP contribution is -2.29. The lowest BCUT2D eigenvalue weighted by molar-refractivity contribution is -0.641. The minimum Gasteiger partial charge on any atom is -0.338 e. The van der Waals surface area contributed by atoms with Crippen LogP contribution in [0.4, 0.5) is 5.69 Å². The number of hydrogen-bond acceptors (Lipinski definition) is 3. The highest BCUT2D eigenvalue weighted by Crippen LogP contribution is 2.46. The minimum absolute atomic E-state index is 0.774. The van der Waals surface area contributed by atoms with Crippen molar-refractivity contribution in [3.05, 3.63) is 69.7 Å². The number of thiazole rings is 1. The van der Waals surface area contributed by atoms with E-state index in [0.717, 1.165) is 5.02 Å². The van der Waals surface area contributed by atoms with E-state index in [2.05, 4.69) is 72.1 Å². The predicted molar refractivity (Wildman–Crippen MR) is 114 cm³/mol. The highest BCUT2D eigenvalue weighted by molar-refractivity contribution is 8.03. The number of nitrogens with zero attached hydrogens (tertiary/aromatic N) is 2. The first-order chi connectivity index (χ1) is 12.6. The SMILES string of the molecule is CN1/C(=C/c2sc3ccc4ccccc4c3[n+]2C)Sc2ccc(Cl)cc21. The lowest BCUT2D eigenvalue weighted by Gasteiger charge is -2.12. The van der Waals surface area contributed by atoms with Gasteiger partial charge in [-0.15, -0.1) is 0 Å². The maximum Gasteiger partial charge on any atom is 0.265 e. The molecule has 0 radical (unpaired) electrons. The quantitative estimate of drug-likeness (QED) is 0.361. The van der Waals surface area contributed by atoms with Crippen LogP contribution in [0.1, 0.15) is 5.01 Å². The van der Waals surface area contributed by atoms with Gasteiger partial charge in [-0.1, -0.05) is 59.0 Å². The Morgan fingerprint density at radius 3 is 2.81 bits per heavy atom. The standard InChI is InChI=1S/C21H16ClN2S2/c1-23-16-11-14(22)8-10-17(16)25-19(23)12-20-24(2)21-15-6-4-3-5-13(15)7-9-18(21)26-20/h3-12H,1-2H3/q+1. The first-order valence-electron chi connectivity index (χ1n) is 8.35. The largest absolute Gasteiger partial charge is 0.338 e. The van der Waals surface area contributed by atoms with Gasteiger partial charge in [0, 0.05) is 17.0 Å². The monoisotopic (exact) mass is 395 g/mol. The molecule has 2 nitrogen and oxygen atoms in total. The molecular weight excluding hydrogens is 380 g/mol. The van der Waals surface area contributed by atoms with Crippen molar-refractivity contribution in [1.82, 2.24) is 0 Å². The number of anilines is 1. The van der Waals surface area contributed by atoms with Crippen LogP contribution < -0.4 is 9.47 Å². The molecule has 0 atom stereocenters. The van der Waals surface area contributed by atoms with Gasteiger partial charge in [0.15, 0.2) is 0 Å². The van der Waals surface area contributed by atoms with E-state index in [1.54, 1.807) is 11.8 Å². The fraction of sp³-hybridized carbons (Fsp3) is 0.0952. The molecule has 0 bridgehead atoms. The maximum atomic E-state index is 6.17. The molecule has 2 heterocycles. The molecule has 0 aliphatic carbocycles. The van der Waals surface area contributed by atoms with E-state index >= 15 is 0 Å². The van der Waals surface area contributed by atoms with Crippen molar-refractivity contribution in [2.75, 3.05) is 11.9 Å². The summed E-state index contributed by atoms with van der Waals surface area (Å²) in [5, 5.41) is 5.81. The van der Waals surface area contributed by atoms with Crippen LogP contribution >= 0.6 is 34.7 Å². The molecule has 4 aromatic rings. The van der Waals surface area contributed by atoms with Crippen LogP contribution in [0.5, 0.6) is 0 Å². The first-order valence-corrected chi connectivity index (χ1v) is 10.4. The summed E-state index contributed by atoms with van der Waals surface area (Å²) in [7, 11) is 4.25. The molecule has 1 aromatic heterocycles. The number of aryl methyl sites for hydroxylation is 1. The normalized spacial score (nSPS) is 15.3. The molecule has 26 heavy (non-hydrogen) atoms. The summed E-state index contributed by atoms with van der Waals surface area (Å²) in [4.78, 5) is 3.46. The van der Waals surface area contributed by atoms with Crippen LogP contribution in [0.2, 0.25) is 5.02 Å². The Morgan fingerprint density at radius 2 is 1.92 bits per heavy atom. The van der Waals surface area contributed by atoms with Gasteiger partial charge in [0.25, 0.3) is 5.01 Å². The Balaban J connectivity index is 1.66. The highest BCUT2D eigenvalue weighted by atomic mass is 35.5. The third-order valence-electron chi connectivity index (χ3n) is 4.82. The van der Waals surface area contributed by atoms with Crippen molar-refractivity contribution in [1.29, 1.82) is 0 Å². The Bertz CT molecular complexity index is 1210. The summed E-state index contributed by atoms with van der Waals surface area (Å²) in [6.07, 6.45) is 2.28. The molecule has 1 aliphatic rings. The average molecular weight is 396 g/mol. The van der Waals surface area contributed by atoms with Crippen LogP contribution in [0.3, 0.4) is 0 Å². The fourth-order valence-electron chi connectivity index (χ4n) is 3.45. The Morgan fingerprint density at radius 1 is 1.08 bits per heavy atom. The average Bonchev–Trinajstić information content (AvgIpc) is 3.13. The Labute approximate surface area is 165 Å². The number of rotatable bonds is 1. The molecule has 0 saturated heterocycles. The van der Waals surface area contributed by atoms with Crippen molar-refractivity contribution >= 4 is 67.5 Å². The highest BCUT2D eigenvalue weighted by Gasteiger charge is 2.25. The van der Waals surface area contributed by atoms with Crippen LogP contribution in [-0.2, 0) is 7.05 Å². The second-order valence-electron chi connectivity index (χ2n) is 6.39. The zero-order valence-electron chi connectivity index (χ0n) is 14.4. The summed E-state index contributed by atoms with van der Waals surface area (Å²) in [5.41, 5.74) is 2.47. The number of fused-ring (bicyclic) bond motifs is 4. The fourth-order valence-corrected chi connectivity index (χ4v) is 5.86. The summed E-state index contributed by atoms with van der Waals surface area (Å²) < 4.78 is 3.61. The maximum absolute atomic E-state index is 6.17. The van der Waals surface area contributed by atoms with E-state index in [0.29, 0.717) is 0 Å². The van der Waals surface area contributed by atoms with Gasteiger partial charge in [0.1, 0.15) is 11.7 Å². The van der Waals surface area contributed by atoms with E-state index in [9.17, 15) is 0 Å². The van der Waals surface area contributed by atoms with Gasteiger partial charge in [0.2, 0.25) is 5.52 Å². The van der Waals surface area contributed by atoms with E-state index in [1.807, 2.05) is 23.5 Å². The molecule has 0 spiro atoms. The van der Waals surface area contributed by atoms with Gasteiger partial charge < -0.3 is 4.90 Å². The van der Waals surface area contributed by atoms with Crippen molar-refractivity contribution in [2.45, 2.75) is 4.90 Å². The third-order valence-corrected chi connectivity index (χ3v) is 7.37. The van der Waals surface area contributed by atoms with Crippen LogP contribution in [0, 0.1) is 0 Å². The van der Waals surface area contributed by atoms with Crippen molar-refractivity contribution in [2.24, 2.45) is 7.05 Å². The van der Waals surface area contributed by atoms with Gasteiger partial charge >= 0.3 is 0 Å². The molecule has 5 rings (SSSR count).